The summed E-state index contributed by atoms with van der Waals surface area (Å²) in [6, 6.07) is 0. The molecule has 5 aliphatic carbocycles. The molecule has 5 aliphatic rings. The van der Waals surface area contributed by atoms with Crippen LogP contribution < -0.4 is 0 Å². The molecule has 1 nitrogen and oxygen atoms in total. The van der Waals surface area contributed by atoms with Crippen LogP contribution in [-0.4, -0.2) is 21.4 Å². The van der Waals surface area contributed by atoms with Gasteiger partial charge < -0.3 is 4.74 Å². The molecule has 0 N–H and O–H groups in total. The molecule has 0 saturated heterocycles. The van der Waals surface area contributed by atoms with Crippen LogP contribution in [0.3, 0.4) is 0 Å². The molecule has 0 bridgehead atoms. The molecule has 0 heterocycles. The topological polar surface area (TPSA) is 9.23 Å². The molecule has 5 fully saturated rings. The first-order valence-corrected chi connectivity index (χ1v) is 9.63. The maximum Gasteiger partial charge on any atom is 0.153 e. The van der Waals surface area contributed by atoms with Gasteiger partial charge in [-0.2, -0.15) is 0 Å². The molecule has 0 spiro atoms. The summed E-state index contributed by atoms with van der Waals surface area (Å²) >= 11 is 27.0. The van der Waals surface area contributed by atoms with Crippen LogP contribution >= 0.6 is 46.4 Å². The first-order chi connectivity index (χ1) is 9.81. The van der Waals surface area contributed by atoms with Crippen LogP contribution in [0.1, 0.15) is 44.9 Å². The Morgan fingerprint density at radius 2 is 1.71 bits per heavy atom. The highest BCUT2D eigenvalue weighted by molar-refractivity contribution is 6.54. The number of rotatable bonds is 1. The van der Waals surface area contributed by atoms with Gasteiger partial charge in [0, 0.05) is 23.9 Å². The predicted octanol–water partition coefficient (Wildman–Crippen LogP) is 5.34. The SMILES string of the molecule is CO[C@@]12C[C@]34[C@@H]5CCCC[C@@H]5C[C@@]3(C[C@@H]1C2(Cl)Cl)C4(Cl)Cl. The summed E-state index contributed by atoms with van der Waals surface area (Å²) in [7, 11) is 1.74. The molecule has 0 amide bonds. The number of hydrogen-bond acceptors (Lipinski definition) is 1. The van der Waals surface area contributed by atoms with E-state index >= 15 is 0 Å². The van der Waals surface area contributed by atoms with Crippen molar-refractivity contribution >= 4 is 46.4 Å². The number of alkyl halides is 4. The van der Waals surface area contributed by atoms with E-state index in [0.717, 1.165) is 18.8 Å². The standard InChI is InChI=1S/C16H20Cl4O/c1-21-14-8-13-10-5-3-2-4-9(10)6-12(13,16(13,19)20)7-11(14)15(14,17)18/h9-11H,2-8H2,1H3/t9-,10-,11+,12+,13+,14+/m1/s1. The lowest BCUT2D eigenvalue weighted by Crippen LogP contribution is -2.36. The second kappa shape index (κ2) is 3.69. The first-order valence-electron chi connectivity index (χ1n) is 8.11. The van der Waals surface area contributed by atoms with Crippen molar-refractivity contribution in [3.8, 4) is 0 Å². The van der Waals surface area contributed by atoms with Gasteiger partial charge in [-0.25, -0.2) is 0 Å². The number of methoxy groups -OCH3 is 1. The van der Waals surface area contributed by atoms with Gasteiger partial charge in [-0.05, 0) is 37.5 Å². The molecular formula is C16H20Cl4O. The van der Waals surface area contributed by atoms with E-state index < -0.39 is 14.3 Å². The Morgan fingerprint density at radius 1 is 1.00 bits per heavy atom. The van der Waals surface area contributed by atoms with Gasteiger partial charge in [-0.15, -0.1) is 23.2 Å². The largest absolute Gasteiger partial charge is 0.375 e. The molecule has 0 unspecified atom stereocenters. The quantitative estimate of drug-likeness (QED) is 0.567. The average Bonchev–Trinajstić information content (AvgIpc) is 3.00. The Bertz CT molecular complexity index is 534. The molecule has 118 valence electrons. The third-order valence-corrected chi connectivity index (χ3v) is 10.6. The monoisotopic (exact) mass is 368 g/mol. The van der Waals surface area contributed by atoms with Gasteiger partial charge in [0.05, 0.1) is 0 Å². The Hall–Kier alpha value is 1.12. The van der Waals surface area contributed by atoms with Gasteiger partial charge >= 0.3 is 0 Å². The summed E-state index contributed by atoms with van der Waals surface area (Å²) in [5.41, 5.74) is -0.384. The van der Waals surface area contributed by atoms with Gasteiger partial charge in [0.1, 0.15) is 9.93 Å². The van der Waals surface area contributed by atoms with Crippen LogP contribution in [0.4, 0.5) is 0 Å². The molecule has 5 heteroatoms. The lowest BCUT2D eigenvalue weighted by Gasteiger charge is -2.37. The van der Waals surface area contributed by atoms with Crippen molar-refractivity contribution in [3.63, 3.8) is 0 Å². The van der Waals surface area contributed by atoms with Gasteiger partial charge in [0.2, 0.25) is 0 Å². The lowest BCUT2D eigenvalue weighted by molar-refractivity contribution is -0.00184. The fourth-order valence-electron chi connectivity index (χ4n) is 7.10. The highest BCUT2D eigenvalue weighted by Gasteiger charge is 2.99. The zero-order chi connectivity index (χ0) is 14.9. The van der Waals surface area contributed by atoms with Crippen molar-refractivity contribution in [1.82, 2.24) is 0 Å². The second-order valence-corrected chi connectivity index (χ2v) is 10.8. The smallest absolute Gasteiger partial charge is 0.153 e. The molecule has 5 rings (SSSR count). The average molecular weight is 370 g/mol. The van der Waals surface area contributed by atoms with Crippen LogP contribution in [0.5, 0.6) is 0 Å². The highest BCUT2D eigenvalue weighted by atomic mass is 35.5. The minimum atomic E-state index is -0.749. The van der Waals surface area contributed by atoms with Gasteiger partial charge in [0.25, 0.3) is 0 Å². The molecule has 21 heavy (non-hydrogen) atoms. The van der Waals surface area contributed by atoms with Gasteiger partial charge in [0.15, 0.2) is 4.33 Å². The molecule has 0 aromatic heterocycles. The maximum atomic E-state index is 6.90. The Kier molecular flexibility index (Phi) is 2.54. The third kappa shape index (κ3) is 1.17. The fraction of sp³-hybridized carbons (Fsp3) is 1.00. The van der Waals surface area contributed by atoms with Crippen molar-refractivity contribution in [3.05, 3.63) is 0 Å². The third-order valence-electron chi connectivity index (χ3n) is 8.05. The van der Waals surface area contributed by atoms with E-state index in [9.17, 15) is 0 Å². The van der Waals surface area contributed by atoms with Gasteiger partial charge in [-0.3, -0.25) is 0 Å². The maximum absolute atomic E-state index is 6.90. The normalized spacial score (nSPS) is 61.3. The molecule has 5 saturated carbocycles. The first kappa shape index (κ1) is 14.5. The van der Waals surface area contributed by atoms with Crippen LogP contribution in [0.2, 0.25) is 0 Å². The minimum absolute atomic E-state index is 0.00770. The Labute approximate surface area is 146 Å². The van der Waals surface area contributed by atoms with Crippen molar-refractivity contribution in [1.29, 1.82) is 0 Å². The van der Waals surface area contributed by atoms with Crippen LogP contribution in [0.15, 0.2) is 0 Å². The van der Waals surface area contributed by atoms with E-state index in [2.05, 4.69) is 0 Å². The summed E-state index contributed by atoms with van der Waals surface area (Å²) in [5.74, 6) is 1.63. The summed E-state index contributed by atoms with van der Waals surface area (Å²) in [4.78, 5) is 0. The Balaban J connectivity index is 1.61. The molecule has 0 radical (unpaired) electrons. The van der Waals surface area contributed by atoms with Crippen molar-refractivity contribution in [2.75, 3.05) is 7.11 Å². The predicted molar refractivity (Wildman–Crippen MR) is 86.3 cm³/mol. The molecule has 6 atom stereocenters. The van der Waals surface area contributed by atoms with Crippen LogP contribution in [-0.2, 0) is 4.74 Å². The van der Waals surface area contributed by atoms with Crippen LogP contribution in [0, 0.1) is 28.6 Å². The van der Waals surface area contributed by atoms with E-state index in [-0.39, 0.29) is 16.7 Å². The van der Waals surface area contributed by atoms with Gasteiger partial charge in [-0.1, -0.05) is 42.5 Å². The van der Waals surface area contributed by atoms with E-state index in [1.807, 2.05) is 0 Å². The minimum Gasteiger partial charge on any atom is -0.375 e. The molecule has 0 aliphatic heterocycles. The Morgan fingerprint density at radius 3 is 2.43 bits per heavy atom. The van der Waals surface area contributed by atoms with E-state index in [1.165, 1.54) is 32.1 Å². The van der Waals surface area contributed by atoms with E-state index in [4.69, 9.17) is 51.1 Å². The highest BCUT2D eigenvalue weighted by Crippen LogP contribution is 2.97. The van der Waals surface area contributed by atoms with Crippen molar-refractivity contribution in [2.24, 2.45) is 28.6 Å². The summed E-state index contributed by atoms with van der Waals surface area (Å²) in [6.45, 7) is 0. The number of halogens is 4. The summed E-state index contributed by atoms with van der Waals surface area (Å²) < 4.78 is 4.51. The summed E-state index contributed by atoms with van der Waals surface area (Å²) in [6.07, 6.45) is 8.23. The summed E-state index contributed by atoms with van der Waals surface area (Å²) in [5, 5.41) is 0. The van der Waals surface area contributed by atoms with Crippen molar-refractivity contribution < 1.29 is 4.74 Å². The fourth-order valence-corrected chi connectivity index (χ4v) is 9.38. The zero-order valence-electron chi connectivity index (χ0n) is 12.1. The second-order valence-electron chi connectivity index (χ2n) is 8.13. The zero-order valence-corrected chi connectivity index (χ0v) is 15.1. The van der Waals surface area contributed by atoms with Crippen molar-refractivity contribution in [2.45, 2.75) is 59.2 Å². The lowest BCUT2D eigenvalue weighted by atomic mass is 9.70. The van der Waals surface area contributed by atoms with E-state index in [0.29, 0.717) is 5.92 Å². The number of ether oxygens (including phenoxy) is 1. The molecule has 0 aromatic rings. The van der Waals surface area contributed by atoms with Crippen LogP contribution in [0.25, 0.3) is 0 Å². The molecule has 0 aromatic carbocycles. The number of fused-ring (bicyclic) bond motifs is 2. The number of hydrogen-bond donors (Lipinski definition) is 0. The van der Waals surface area contributed by atoms with E-state index in [1.54, 1.807) is 7.11 Å². The molecular weight excluding hydrogens is 350 g/mol.